The second kappa shape index (κ2) is 9.30. The number of aliphatic carboxylic acids is 1. The zero-order valence-electron chi connectivity index (χ0n) is 15.3. The summed E-state index contributed by atoms with van der Waals surface area (Å²) in [6.45, 7) is 0. The van der Waals surface area contributed by atoms with Gasteiger partial charge in [0.05, 0.1) is 5.92 Å². The van der Waals surface area contributed by atoms with Crippen LogP contribution in [0.1, 0.15) is 50.8 Å². The van der Waals surface area contributed by atoms with Gasteiger partial charge in [-0.15, -0.1) is 10.2 Å². The third-order valence-electron chi connectivity index (χ3n) is 4.98. The molecule has 2 atom stereocenters. The lowest BCUT2D eigenvalue weighted by molar-refractivity contribution is -0.143. The average molecular weight is 371 g/mol. The minimum absolute atomic E-state index is 0.175. The maximum atomic E-state index is 12.3. The van der Waals surface area contributed by atoms with Gasteiger partial charge in [-0.25, -0.2) is 0 Å². The van der Waals surface area contributed by atoms with Crippen molar-refractivity contribution >= 4 is 11.9 Å². The fourth-order valence-electron chi connectivity index (χ4n) is 3.50. The third kappa shape index (κ3) is 5.39. The van der Waals surface area contributed by atoms with Crippen molar-refractivity contribution in [3.05, 3.63) is 36.2 Å². The van der Waals surface area contributed by atoms with Gasteiger partial charge in [0.15, 0.2) is 0 Å². The van der Waals surface area contributed by atoms with Crippen molar-refractivity contribution in [2.45, 2.75) is 57.4 Å². The first-order valence-corrected chi connectivity index (χ1v) is 9.53. The van der Waals surface area contributed by atoms with E-state index in [4.69, 9.17) is 4.42 Å². The molecular formula is C20H25N3O4. The summed E-state index contributed by atoms with van der Waals surface area (Å²) in [6, 6.07) is 9.14. The quantitative estimate of drug-likeness (QED) is 0.808. The van der Waals surface area contributed by atoms with Crippen molar-refractivity contribution in [2.24, 2.45) is 5.92 Å². The maximum Gasteiger partial charge on any atom is 0.308 e. The van der Waals surface area contributed by atoms with Gasteiger partial charge in [-0.05, 0) is 25.0 Å². The molecule has 144 valence electrons. The zero-order chi connectivity index (χ0) is 19.1. The van der Waals surface area contributed by atoms with Crippen molar-refractivity contribution < 1.29 is 19.1 Å². The summed E-state index contributed by atoms with van der Waals surface area (Å²) in [6.07, 6.45) is 5.84. The van der Waals surface area contributed by atoms with E-state index in [1.807, 2.05) is 30.3 Å². The molecule has 1 heterocycles. The summed E-state index contributed by atoms with van der Waals surface area (Å²) in [4.78, 5) is 23.9. The van der Waals surface area contributed by atoms with Gasteiger partial charge in [0.2, 0.25) is 17.7 Å². The molecule has 1 aliphatic rings. The predicted molar refractivity (Wildman–Crippen MR) is 98.8 cm³/mol. The number of carbonyl (C=O) groups is 2. The standard InChI is InChI=1S/C20H25N3O4/c24-17(21-16-11-7-2-1-6-10-15(16)20(25)26)12-13-18-22-23-19(27-18)14-8-4-3-5-9-14/h3-5,8-9,15-16H,1-2,6-7,10-13H2,(H,21,24)(H,25,26). The molecule has 1 saturated carbocycles. The Hall–Kier alpha value is -2.70. The molecule has 0 radical (unpaired) electrons. The number of aromatic nitrogens is 2. The largest absolute Gasteiger partial charge is 0.481 e. The van der Waals surface area contributed by atoms with Crippen LogP contribution in [0.4, 0.5) is 0 Å². The van der Waals surface area contributed by atoms with E-state index in [9.17, 15) is 14.7 Å². The van der Waals surface area contributed by atoms with E-state index in [0.717, 1.165) is 31.2 Å². The Kier molecular flexibility index (Phi) is 6.57. The van der Waals surface area contributed by atoms with Crippen molar-refractivity contribution in [3.63, 3.8) is 0 Å². The molecular weight excluding hydrogens is 346 g/mol. The van der Waals surface area contributed by atoms with Crippen LogP contribution < -0.4 is 5.32 Å². The maximum absolute atomic E-state index is 12.3. The van der Waals surface area contributed by atoms with Crippen LogP contribution in [0.5, 0.6) is 0 Å². The summed E-state index contributed by atoms with van der Waals surface area (Å²) in [5, 5.41) is 20.4. The van der Waals surface area contributed by atoms with Gasteiger partial charge in [-0.1, -0.05) is 43.9 Å². The molecule has 3 rings (SSSR count). The Balaban J connectivity index is 1.54. The monoisotopic (exact) mass is 371 g/mol. The molecule has 2 unspecified atom stereocenters. The van der Waals surface area contributed by atoms with Crippen LogP contribution in [-0.2, 0) is 16.0 Å². The van der Waals surface area contributed by atoms with E-state index in [2.05, 4.69) is 15.5 Å². The molecule has 0 aliphatic heterocycles. The fourth-order valence-corrected chi connectivity index (χ4v) is 3.50. The van der Waals surface area contributed by atoms with Crippen molar-refractivity contribution in [3.8, 4) is 11.5 Å². The number of carbonyl (C=O) groups excluding carboxylic acids is 1. The first kappa shape index (κ1) is 19.1. The SMILES string of the molecule is O=C(CCc1nnc(-c2ccccc2)o1)NC1CCCCCCC1C(=O)O. The number of carboxylic acids is 1. The Morgan fingerprint density at radius 3 is 2.56 bits per heavy atom. The molecule has 1 amide bonds. The van der Waals surface area contributed by atoms with Gasteiger partial charge in [0.1, 0.15) is 0 Å². The van der Waals surface area contributed by atoms with Crippen molar-refractivity contribution in [1.29, 1.82) is 0 Å². The first-order valence-electron chi connectivity index (χ1n) is 9.53. The van der Waals surface area contributed by atoms with Crippen molar-refractivity contribution in [2.75, 3.05) is 0 Å². The lowest BCUT2D eigenvalue weighted by Crippen LogP contribution is -2.44. The number of nitrogens with zero attached hydrogens (tertiary/aromatic N) is 2. The van der Waals surface area contributed by atoms with E-state index in [1.165, 1.54) is 0 Å². The Morgan fingerprint density at radius 1 is 1.07 bits per heavy atom. The van der Waals surface area contributed by atoms with Gasteiger partial charge in [-0.3, -0.25) is 9.59 Å². The number of nitrogens with one attached hydrogen (secondary N) is 1. The van der Waals surface area contributed by atoms with Crippen LogP contribution in [0.25, 0.3) is 11.5 Å². The highest BCUT2D eigenvalue weighted by molar-refractivity contribution is 5.78. The highest BCUT2D eigenvalue weighted by Gasteiger charge is 2.29. The number of hydrogen-bond donors (Lipinski definition) is 2. The first-order chi connectivity index (χ1) is 13.1. The molecule has 7 heteroatoms. The molecule has 0 saturated heterocycles. The van der Waals surface area contributed by atoms with E-state index in [0.29, 0.717) is 31.0 Å². The van der Waals surface area contributed by atoms with Gasteiger partial charge in [-0.2, -0.15) is 0 Å². The van der Waals surface area contributed by atoms with Gasteiger partial charge in [0, 0.05) is 24.4 Å². The van der Waals surface area contributed by atoms with Crippen molar-refractivity contribution in [1.82, 2.24) is 15.5 Å². The van der Waals surface area contributed by atoms with Gasteiger partial charge >= 0.3 is 5.97 Å². The van der Waals surface area contributed by atoms with E-state index < -0.39 is 11.9 Å². The summed E-state index contributed by atoms with van der Waals surface area (Å²) in [5.41, 5.74) is 0.833. The lowest BCUT2D eigenvalue weighted by atomic mass is 9.86. The second-order valence-electron chi connectivity index (χ2n) is 6.98. The zero-order valence-corrected chi connectivity index (χ0v) is 15.3. The van der Waals surface area contributed by atoms with Crippen LogP contribution in [-0.4, -0.2) is 33.2 Å². The fraction of sp³-hybridized carbons (Fsp3) is 0.500. The number of rotatable bonds is 6. The van der Waals surface area contributed by atoms with Crippen LogP contribution in [0.15, 0.2) is 34.7 Å². The summed E-state index contributed by atoms with van der Waals surface area (Å²) in [5.74, 6) is -0.686. The van der Waals surface area contributed by atoms with Crippen LogP contribution >= 0.6 is 0 Å². The van der Waals surface area contributed by atoms with Gasteiger partial charge < -0.3 is 14.8 Å². The Bertz CT molecular complexity index is 760. The molecule has 0 spiro atoms. The summed E-state index contributed by atoms with van der Waals surface area (Å²) >= 11 is 0. The number of carboxylic acid groups (broad SMARTS) is 1. The molecule has 2 aromatic rings. The number of aryl methyl sites for hydroxylation is 1. The average Bonchev–Trinajstić information content (AvgIpc) is 3.12. The van der Waals surface area contributed by atoms with Gasteiger partial charge in [0.25, 0.3) is 0 Å². The molecule has 1 aromatic heterocycles. The Morgan fingerprint density at radius 2 is 1.81 bits per heavy atom. The normalized spacial score (nSPS) is 20.4. The predicted octanol–water partition coefficient (Wildman–Crippen LogP) is 3.21. The second-order valence-corrected chi connectivity index (χ2v) is 6.98. The number of hydrogen-bond acceptors (Lipinski definition) is 5. The molecule has 27 heavy (non-hydrogen) atoms. The van der Waals surface area contributed by atoms with E-state index in [1.54, 1.807) is 0 Å². The molecule has 1 aliphatic carbocycles. The number of benzene rings is 1. The summed E-state index contributed by atoms with van der Waals surface area (Å²) in [7, 11) is 0. The minimum atomic E-state index is -0.827. The number of amides is 1. The molecule has 7 nitrogen and oxygen atoms in total. The molecule has 1 aromatic carbocycles. The summed E-state index contributed by atoms with van der Waals surface area (Å²) < 4.78 is 5.61. The van der Waals surface area contributed by atoms with Crippen LogP contribution in [0.3, 0.4) is 0 Å². The Labute approximate surface area is 158 Å². The smallest absolute Gasteiger partial charge is 0.308 e. The van der Waals surface area contributed by atoms with Crippen LogP contribution in [0.2, 0.25) is 0 Å². The van der Waals surface area contributed by atoms with Crippen LogP contribution in [0, 0.1) is 5.92 Å². The highest BCUT2D eigenvalue weighted by Crippen LogP contribution is 2.23. The minimum Gasteiger partial charge on any atom is -0.481 e. The molecule has 1 fully saturated rings. The lowest BCUT2D eigenvalue weighted by Gasteiger charge is -2.27. The topological polar surface area (TPSA) is 105 Å². The van der Waals surface area contributed by atoms with E-state index >= 15 is 0 Å². The van der Waals surface area contributed by atoms with E-state index in [-0.39, 0.29) is 18.4 Å². The molecule has 2 N–H and O–H groups in total. The highest BCUT2D eigenvalue weighted by atomic mass is 16.4. The third-order valence-corrected chi connectivity index (χ3v) is 4.98. The molecule has 0 bridgehead atoms.